The summed E-state index contributed by atoms with van der Waals surface area (Å²) in [6, 6.07) is 13.2. The number of halogens is 1. The molecule has 0 radical (unpaired) electrons. The Morgan fingerprint density at radius 2 is 2.22 bits per heavy atom. The van der Waals surface area contributed by atoms with E-state index in [2.05, 4.69) is 5.32 Å². The largest absolute Gasteiger partial charge is 0.489 e. The van der Waals surface area contributed by atoms with Gasteiger partial charge in [0.2, 0.25) is 5.91 Å². The van der Waals surface area contributed by atoms with Crippen LogP contribution in [0.15, 0.2) is 48.5 Å². The molecule has 2 aromatic carbocycles. The summed E-state index contributed by atoms with van der Waals surface area (Å²) in [6.45, 7) is 0.820. The summed E-state index contributed by atoms with van der Waals surface area (Å²) >= 11 is 5.96. The topological polar surface area (TPSA) is 47.6 Å². The SMILES string of the molecule is CNC(=O)/C=C1/COc2cc(OCc3cccc(Cl)c3)ccc21. The molecule has 2 aromatic rings. The second-order valence-electron chi connectivity index (χ2n) is 5.15. The first-order valence-electron chi connectivity index (χ1n) is 7.22. The Balaban J connectivity index is 1.72. The number of amides is 1. The molecule has 118 valence electrons. The van der Waals surface area contributed by atoms with E-state index in [4.69, 9.17) is 21.1 Å². The molecule has 0 bridgehead atoms. The van der Waals surface area contributed by atoms with Crippen LogP contribution in [0.1, 0.15) is 11.1 Å². The highest BCUT2D eigenvalue weighted by Crippen LogP contribution is 2.36. The molecule has 3 rings (SSSR count). The van der Waals surface area contributed by atoms with Gasteiger partial charge >= 0.3 is 0 Å². The molecule has 5 heteroatoms. The highest BCUT2D eigenvalue weighted by atomic mass is 35.5. The van der Waals surface area contributed by atoms with E-state index in [-0.39, 0.29) is 5.91 Å². The lowest BCUT2D eigenvalue weighted by molar-refractivity contribution is -0.116. The van der Waals surface area contributed by atoms with Crippen LogP contribution in [0, 0.1) is 0 Å². The van der Waals surface area contributed by atoms with Gasteiger partial charge in [0.25, 0.3) is 0 Å². The highest BCUT2D eigenvalue weighted by molar-refractivity contribution is 6.30. The molecule has 1 aliphatic rings. The monoisotopic (exact) mass is 329 g/mol. The number of fused-ring (bicyclic) bond motifs is 1. The Labute approximate surface area is 139 Å². The van der Waals surface area contributed by atoms with Crippen molar-refractivity contribution in [2.75, 3.05) is 13.7 Å². The smallest absolute Gasteiger partial charge is 0.244 e. The van der Waals surface area contributed by atoms with Gasteiger partial charge in [0, 0.05) is 35.3 Å². The molecule has 0 saturated heterocycles. The molecule has 1 heterocycles. The Bertz CT molecular complexity index is 771. The summed E-state index contributed by atoms with van der Waals surface area (Å²) in [5, 5.41) is 3.26. The van der Waals surface area contributed by atoms with Crippen LogP contribution in [0.5, 0.6) is 11.5 Å². The fourth-order valence-electron chi connectivity index (χ4n) is 2.35. The fourth-order valence-corrected chi connectivity index (χ4v) is 2.57. The second kappa shape index (κ2) is 6.75. The van der Waals surface area contributed by atoms with Crippen LogP contribution in [-0.4, -0.2) is 19.6 Å². The standard InChI is InChI=1S/C18H16ClNO3/c1-20-18(21)8-13-11-23-17-9-15(5-6-16(13)17)22-10-12-3-2-4-14(19)7-12/h2-9H,10-11H2,1H3,(H,20,21)/b13-8-. The van der Waals surface area contributed by atoms with Gasteiger partial charge in [-0.3, -0.25) is 4.79 Å². The van der Waals surface area contributed by atoms with Crippen LogP contribution in [0.3, 0.4) is 0 Å². The summed E-state index contributed by atoms with van der Waals surface area (Å²) in [5.41, 5.74) is 2.78. The maximum absolute atomic E-state index is 11.5. The van der Waals surface area contributed by atoms with Gasteiger partial charge in [-0.05, 0) is 29.8 Å². The fraction of sp³-hybridized carbons (Fsp3) is 0.167. The highest BCUT2D eigenvalue weighted by Gasteiger charge is 2.19. The Kier molecular flexibility index (Phi) is 4.53. The van der Waals surface area contributed by atoms with Gasteiger partial charge in [-0.2, -0.15) is 0 Å². The minimum absolute atomic E-state index is 0.141. The molecule has 4 nitrogen and oxygen atoms in total. The van der Waals surface area contributed by atoms with Crippen molar-refractivity contribution in [3.05, 3.63) is 64.7 Å². The lowest BCUT2D eigenvalue weighted by Crippen LogP contribution is -2.15. The maximum Gasteiger partial charge on any atom is 0.244 e. The van der Waals surface area contributed by atoms with E-state index in [1.165, 1.54) is 0 Å². The first-order valence-corrected chi connectivity index (χ1v) is 7.60. The number of likely N-dealkylation sites (N-methyl/N-ethyl adjacent to an activating group) is 1. The van der Waals surface area contributed by atoms with Gasteiger partial charge in [-0.1, -0.05) is 23.7 Å². The van der Waals surface area contributed by atoms with E-state index in [1.807, 2.05) is 42.5 Å². The van der Waals surface area contributed by atoms with E-state index >= 15 is 0 Å². The van der Waals surface area contributed by atoms with Crippen LogP contribution < -0.4 is 14.8 Å². The number of ether oxygens (including phenoxy) is 2. The molecule has 0 fully saturated rings. The molecule has 0 atom stereocenters. The van der Waals surface area contributed by atoms with Crippen molar-refractivity contribution in [2.24, 2.45) is 0 Å². The normalized spacial score (nSPS) is 14.3. The number of benzene rings is 2. The second-order valence-corrected chi connectivity index (χ2v) is 5.59. The average Bonchev–Trinajstić information content (AvgIpc) is 2.95. The molecule has 0 unspecified atom stereocenters. The predicted molar refractivity (Wildman–Crippen MR) is 89.8 cm³/mol. The molecule has 0 saturated carbocycles. The quantitative estimate of drug-likeness (QED) is 0.874. The van der Waals surface area contributed by atoms with Gasteiger partial charge in [-0.15, -0.1) is 0 Å². The van der Waals surface area contributed by atoms with E-state index in [0.29, 0.717) is 24.0 Å². The first-order chi connectivity index (χ1) is 11.2. The van der Waals surface area contributed by atoms with Crippen LogP contribution in [0.4, 0.5) is 0 Å². The van der Waals surface area contributed by atoms with E-state index in [1.54, 1.807) is 13.1 Å². The Morgan fingerprint density at radius 1 is 1.35 bits per heavy atom. The number of rotatable bonds is 4. The van der Waals surface area contributed by atoms with E-state index < -0.39 is 0 Å². The minimum atomic E-state index is -0.141. The van der Waals surface area contributed by atoms with Gasteiger partial charge in [-0.25, -0.2) is 0 Å². The van der Waals surface area contributed by atoms with Crippen molar-refractivity contribution in [1.29, 1.82) is 0 Å². The van der Waals surface area contributed by atoms with Crippen molar-refractivity contribution >= 4 is 23.1 Å². The third-order valence-corrected chi connectivity index (χ3v) is 3.76. The molecular weight excluding hydrogens is 314 g/mol. The average molecular weight is 330 g/mol. The van der Waals surface area contributed by atoms with E-state index in [9.17, 15) is 4.79 Å². The molecule has 1 aliphatic heterocycles. The number of carbonyl (C=O) groups is 1. The first kappa shape index (κ1) is 15.4. The molecule has 1 amide bonds. The Hall–Kier alpha value is -2.46. The summed E-state index contributed by atoms with van der Waals surface area (Å²) in [4.78, 5) is 11.5. The molecule has 0 spiro atoms. The van der Waals surface area contributed by atoms with Gasteiger partial charge in [0.1, 0.15) is 24.7 Å². The van der Waals surface area contributed by atoms with Crippen molar-refractivity contribution in [2.45, 2.75) is 6.61 Å². The van der Waals surface area contributed by atoms with Crippen LogP contribution in [0.2, 0.25) is 5.02 Å². The lowest BCUT2D eigenvalue weighted by Gasteiger charge is -2.08. The van der Waals surface area contributed by atoms with Gasteiger partial charge in [0.15, 0.2) is 0 Å². The third kappa shape index (κ3) is 3.66. The van der Waals surface area contributed by atoms with Crippen molar-refractivity contribution in [1.82, 2.24) is 5.32 Å². The van der Waals surface area contributed by atoms with Crippen LogP contribution in [-0.2, 0) is 11.4 Å². The molecular formula is C18H16ClNO3. The van der Waals surface area contributed by atoms with Gasteiger partial charge in [0.05, 0.1) is 0 Å². The summed E-state index contributed by atoms with van der Waals surface area (Å²) in [7, 11) is 1.60. The summed E-state index contributed by atoms with van der Waals surface area (Å²) in [5.74, 6) is 1.30. The Morgan fingerprint density at radius 3 is 3.00 bits per heavy atom. The van der Waals surface area contributed by atoms with Crippen LogP contribution in [0.25, 0.3) is 5.57 Å². The third-order valence-electron chi connectivity index (χ3n) is 3.53. The molecule has 0 aliphatic carbocycles. The summed E-state index contributed by atoms with van der Waals surface area (Å²) in [6.07, 6.45) is 1.55. The predicted octanol–water partition coefficient (Wildman–Crippen LogP) is 3.44. The van der Waals surface area contributed by atoms with Crippen molar-refractivity contribution < 1.29 is 14.3 Å². The maximum atomic E-state index is 11.5. The lowest BCUT2D eigenvalue weighted by atomic mass is 10.1. The van der Waals surface area contributed by atoms with E-state index in [0.717, 1.165) is 22.4 Å². The van der Waals surface area contributed by atoms with Crippen molar-refractivity contribution in [3.63, 3.8) is 0 Å². The number of nitrogens with one attached hydrogen (secondary N) is 1. The zero-order valence-corrected chi connectivity index (χ0v) is 13.4. The number of hydrogen-bond donors (Lipinski definition) is 1. The number of hydrogen-bond acceptors (Lipinski definition) is 3. The molecule has 23 heavy (non-hydrogen) atoms. The van der Waals surface area contributed by atoms with Crippen molar-refractivity contribution in [3.8, 4) is 11.5 Å². The molecule has 1 N–H and O–H groups in total. The zero-order chi connectivity index (χ0) is 16.2. The summed E-state index contributed by atoms with van der Waals surface area (Å²) < 4.78 is 11.4. The zero-order valence-electron chi connectivity index (χ0n) is 12.6. The minimum Gasteiger partial charge on any atom is -0.489 e. The number of carbonyl (C=O) groups excluding carboxylic acids is 1. The molecule has 0 aromatic heterocycles. The van der Waals surface area contributed by atoms with Gasteiger partial charge < -0.3 is 14.8 Å². The van der Waals surface area contributed by atoms with Crippen LogP contribution >= 0.6 is 11.6 Å².